The fraction of sp³-hybridized carbons (Fsp3) is 0.333. The Morgan fingerprint density at radius 3 is 2.30 bits per heavy atom. The molecule has 1 aliphatic rings. The number of rotatable bonds is 5. The summed E-state index contributed by atoms with van der Waals surface area (Å²) in [6, 6.07) is 11.8. The molecule has 1 fully saturated rings. The Morgan fingerprint density at radius 1 is 1.13 bits per heavy atom. The predicted molar refractivity (Wildman–Crippen MR) is 102 cm³/mol. The Balaban J connectivity index is 0.000000396. The van der Waals surface area contributed by atoms with Gasteiger partial charge in [-0.3, -0.25) is 4.72 Å². The van der Waals surface area contributed by atoms with Crippen LogP contribution in [0.15, 0.2) is 53.7 Å². The quantitative estimate of drug-likeness (QED) is 0.645. The predicted octanol–water partition coefficient (Wildman–Crippen LogP) is 2.65. The minimum absolute atomic E-state index is 0.0170. The Kier molecular flexibility index (Phi) is 8.00. The number of hydrogen-bond acceptors (Lipinski definition) is 6. The first-order valence-electron chi connectivity index (χ1n) is 8.80. The van der Waals surface area contributed by atoms with Crippen molar-refractivity contribution in [3.63, 3.8) is 0 Å². The molecule has 0 saturated carbocycles. The van der Waals surface area contributed by atoms with Crippen LogP contribution in [0.1, 0.15) is 12.8 Å². The second-order valence-electron chi connectivity index (χ2n) is 6.14. The summed E-state index contributed by atoms with van der Waals surface area (Å²) >= 11 is 0. The van der Waals surface area contributed by atoms with Gasteiger partial charge in [0.1, 0.15) is 11.9 Å². The molecular weight excluding hydrogens is 427 g/mol. The normalized spacial score (nSPS) is 14.9. The first-order chi connectivity index (χ1) is 14.1. The SMILES string of the molecule is O=C(O)C(F)(F)F.O=S(=O)(Nc1ccccc1OC1CCNCC1)c1ccccn1. The molecule has 0 amide bonds. The summed E-state index contributed by atoms with van der Waals surface area (Å²) in [5.41, 5.74) is 0.427. The summed E-state index contributed by atoms with van der Waals surface area (Å²) in [4.78, 5) is 12.8. The zero-order valence-electron chi connectivity index (χ0n) is 15.6. The molecule has 0 unspecified atom stereocenters. The lowest BCUT2D eigenvalue weighted by Crippen LogP contribution is -2.34. The molecular formula is C18H20F3N3O5S. The van der Waals surface area contributed by atoms with E-state index in [1.807, 2.05) is 6.07 Å². The smallest absolute Gasteiger partial charge is 0.488 e. The lowest BCUT2D eigenvalue weighted by atomic mass is 10.1. The number of sulfonamides is 1. The van der Waals surface area contributed by atoms with Gasteiger partial charge in [0.15, 0.2) is 5.03 Å². The van der Waals surface area contributed by atoms with E-state index in [4.69, 9.17) is 14.6 Å². The molecule has 3 rings (SSSR count). The highest BCUT2D eigenvalue weighted by Crippen LogP contribution is 2.28. The number of alkyl halides is 3. The Labute approximate surface area is 171 Å². The van der Waals surface area contributed by atoms with Gasteiger partial charge in [0.2, 0.25) is 0 Å². The van der Waals surface area contributed by atoms with Crippen LogP contribution in [0.3, 0.4) is 0 Å². The lowest BCUT2D eigenvalue weighted by molar-refractivity contribution is -0.192. The number of halogens is 3. The van der Waals surface area contributed by atoms with Gasteiger partial charge in [-0.05, 0) is 50.2 Å². The largest absolute Gasteiger partial charge is 0.490 e. The average molecular weight is 447 g/mol. The van der Waals surface area contributed by atoms with Crippen molar-refractivity contribution in [2.24, 2.45) is 0 Å². The lowest BCUT2D eigenvalue weighted by Gasteiger charge is -2.25. The highest BCUT2D eigenvalue weighted by molar-refractivity contribution is 7.92. The molecule has 12 heteroatoms. The second-order valence-corrected chi connectivity index (χ2v) is 7.77. The number of pyridine rings is 1. The average Bonchev–Trinajstić information content (AvgIpc) is 2.70. The number of anilines is 1. The van der Waals surface area contributed by atoms with Crippen molar-refractivity contribution in [1.29, 1.82) is 0 Å². The summed E-state index contributed by atoms with van der Waals surface area (Å²) in [7, 11) is -3.73. The highest BCUT2D eigenvalue weighted by atomic mass is 32.2. The van der Waals surface area contributed by atoms with Crippen molar-refractivity contribution in [2.75, 3.05) is 17.8 Å². The number of aromatic nitrogens is 1. The Morgan fingerprint density at radius 2 is 1.73 bits per heavy atom. The molecule has 30 heavy (non-hydrogen) atoms. The van der Waals surface area contributed by atoms with E-state index in [1.165, 1.54) is 12.3 Å². The number of carboxylic acids is 1. The van der Waals surface area contributed by atoms with Gasteiger partial charge in [-0.1, -0.05) is 18.2 Å². The van der Waals surface area contributed by atoms with Crippen LogP contribution in [-0.4, -0.2) is 49.8 Å². The van der Waals surface area contributed by atoms with Crippen LogP contribution in [0.2, 0.25) is 0 Å². The number of carboxylic acid groups (broad SMARTS) is 1. The molecule has 2 heterocycles. The number of hydrogen-bond donors (Lipinski definition) is 3. The maximum absolute atomic E-state index is 12.4. The minimum Gasteiger partial charge on any atom is -0.488 e. The van der Waals surface area contributed by atoms with E-state index in [2.05, 4.69) is 15.0 Å². The number of piperidine rings is 1. The van der Waals surface area contributed by atoms with E-state index in [-0.39, 0.29) is 11.1 Å². The maximum Gasteiger partial charge on any atom is 0.490 e. The molecule has 8 nitrogen and oxygen atoms in total. The Hall–Kier alpha value is -2.86. The third kappa shape index (κ3) is 7.19. The highest BCUT2D eigenvalue weighted by Gasteiger charge is 2.38. The number of nitrogens with zero attached hydrogens (tertiary/aromatic N) is 1. The monoisotopic (exact) mass is 447 g/mol. The minimum atomic E-state index is -5.08. The third-order valence-electron chi connectivity index (χ3n) is 3.87. The van der Waals surface area contributed by atoms with Crippen LogP contribution >= 0.6 is 0 Å². The molecule has 3 N–H and O–H groups in total. The van der Waals surface area contributed by atoms with E-state index < -0.39 is 22.2 Å². The summed E-state index contributed by atoms with van der Waals surface area (Å²) in [5, 5.41) is 10.4. The van der Waals surface area contributed by atoms with E-state index in [9.17, 15) is 21.6 Å². The van der Waals surface area contributed by atoms with Crippen LogP contribution in [0.5, 0.6) is 5.75 Å². The number of nitrogens with one attached hydrogen (secondary N) is 2. The molecule has 0 spiro atoms. The van der Waals surface area contributed by atoms with E-state index >= 15 is 0 Å². The fourth-order valence-electron chi connectivity index (χ4n) is 2.45. The molecule has 1 aromatic carbocycles. The summed E-state index contributed by atoms with van der Waals surface area (Å²) in [6.07, 6.45) is -1.73. The molecule has 0 radical (unpaired) electrons. The van der Waals surface area contributed by atoms with Gasteiger partial charge >= 0.3 is 12.1 Å². The van der Waals surface area contributed by atoms with Gasteiger partial charge in [0, 0.05) is 6.20 Å². The van der Waals surface area contributed by atoms with Crippen molar-refractivity contribution in [1.82, 2.24) is 10.3 Å². The summed E-state index contributed by atoms with van der Waals surface area (Å²) in [6.45, 7) is 1.82. The number of para-hydroxylation sites is 2. The Bertz CT molecular complexity index is 934. The fourth-order valence-corrected chi connectivity index (χ4v) is 3.47. The van der Waals surface area contributed by atoms with E-state index in [0.29, 0.717) is 11.4 Å². The zero-order valence-corrected chi connectivity index (χ0v) is 16.4. The third-order valence-corrected chi connectivity index (χ3v) is 5.15. The van der Waals surface area contributed by atoms with Gasteiger partial charge in [0.25, 0.3) is 10.0 Å². The van der Waals surface area contributed by atoms with Crippen LogP contribution in [0.25, 0.3) is 0 Å². The van der Waals surface area contributed by atoms with E-state index in [1.54, 1.807) is 30.3 Å². The molecule has 1 aliphatic heterocycles. The summed E-state index contributed by atoms with van der Waals surface area (Å²) < 4.78 is 65.1. The number of benzene rings is 1. The molecule has 0 bridgehead atoms. The van der Waals surface area contributed by atoms with Crippen LogP contribution in [0.4, 0.5) is 18.9 Å². The van der Waals surface area contributed by atoms with Gasteiger partial charge < -0.3 is 15.2 Å². The first kappa shape index (κ1) is 23.4. The van der Waals surface area contributed by atoms with Crippen LogP contribution in [0, 0.1) is 0 Å². The number of carbonyl (C=O) groups is 1. The molecule has 2 aromatic rings. The van der Waals surface area contributed by atoms with Crippen molar-refractivity contribution in [3.05, 3.63) is 48.7 Å². The van der Waals surface area contributed by atoms with Crippen molar-refractivity contribution in [2.45, 2.75) is 30.1 Å². The molecule has 1 saturated heterocycles. The second kappa shape index (κ2) is 10.3. The van der Waals surface area contributed by atoms with Crippen LogP contribution < -0.4 is 14.8 Å². The summed E-state index contributed by atoms with van der Waals surface area (Å²) in [5.74, 6) is -2.22. The standard InChI is InChI=1S/C16H19N3O3S.C2HF3O2/c20-23(21,16-7-3-4-10-18-16)19-14-5-1-2-6-15(14)22-13-8-11-17-12-9-13;3-2(4,5)1(6)7/h1-7,10,13,17,19H,8-9,11-12H2;(H,6,7). The van der Waals surface area contributed by atoms with Crippen LogP contribution in [-0.2, 0) is 14.8 Å². The van der Waals surface area contributed by atoms with Crippen molar-refractivity contribution < 1.29 is 36.2 Å². The van der Waals surface area contributed by atoms with Crippen molar-refractivity contribution >= 4 is 21.7 Å². The molecule has 0 aliphatic carbocycles. The van der Waals surface area contributed by atoms with Crippen molar-refractivity contribution in [3.8, 4) is 5.75 Å². The number of aliphatic carboxylic acids is 1. The van der Waals surface area contributed by atoms with Gasteiger partial charge in [0.05, 0.1) is 5.69 Å². The van der Waals surface area contributed by atoms with Gasteiger partial charge in [-0.2, -0.15) is 21.6 Å². The maximum atomic E-state index is 12.4. The first-order valence-corrected chi connectivity index (χ1v) is 10.3. The van der Waals surface area contributed by atoms with Gasteiger partial charge in [-0.15, -0.1) is 0 Å². The van der Waals surface area contributed by atoms with Gasteiger partial charge in [-0.25, -0.2) is 9.78 Å². The molecule has 0 atom stereocenters. The molecule has 1 aromatic heterocycles. The van der Waals surface area contributed by atoms with E-state index in [0.717, 1.165) is 25.9 Å². The molecule has 164 valence electrons. The zero-order chi connectivity index (χ0) is 22.2. The number of ether oxygens (including phenoxy) is 1. The topological polar surface area (TPSA) is 118 Å².